The van der Waals surface area contributed by atoms with E-state index in [0.29, 0.717) is 74.9 Å². The van der Waals surface area contributed by atoms with Gasteiger partial charge < -0.3 is 24.6 Å². The van der Waals surface area contributed by atoms with Gasteiger partial charge >= 0.3 is 11.6 Å². The Labute approximate surface area is 441 Å². The summed E-state index contributed by atoms with van der Waals surface area (Å²) in [5.41, 5.74) is -2.07. The molecule has 4 aromatic carbocycles. The summed E-state index contributed by atoms with van der Waals surface area (Å²) in [6.07, 6.45) is 3.00. The molecule has 0 aromatic heterocycles. The lowest BCUT2D eigenvalue weighted by Crippen LogP contribution is -2.57. The number of anilines is 2. The number of carbonyl (C=O) groups is 2. The number of alkyl halides is 3. The second-order valence-electron chi connectivity index (χ2n) is 21.1. The van der Waals surface area contributed by atoms with E-state index in [1.807, 2.05) is 47.2 Å². The van der Waals surface area contributed by atoms with Crippen molar-refractivity contribution in [2.24, 2.45) is 5.41 Å². The molecular weight excluding hydrogens is 1040 g/mol. The predicted octanol–water partition coefficient (Wildman–Crippen LogP) is 9.81. The van der Waals surface area contributed by atoms with E-state index in [4.69, 9.17) is 21.1 Å². The van der Waals surface area contributed by atoms with Gasteiger partial charge in [-0.25, -0.2) is 26.4 Å². The zero-order valence-electron chi connectivity index (χ0n) is 42.2. The fourth-order valence-corrected chi connectivity index (χ4v) is 12.9. The zero-order chi connectivity index (χ0) is 53.2. The standard InChI is InChI=1S/C53H64ClF3N6O8S3/c1-51(2,3)71-50(65)62-26-23-60(24-27-62)22-20-40(35-72-42-9-7-6-8-10-42)58-45-17-16-43(30-48(45)73(66,67)53(55,56)57)74(68,69)59-49(64)37-13-18-46-47(29-37)70-34-41-33-61(25-28-63(41)46)32-38-19-21-52(4,5)31-44(38)36-11-14-39(54)15-12-36/h6-18,29-30,40-41,58H,19-28,31-35H2,1-5H3,(H,59,64)/t40-,41+/m1/s1. The SMILES string of the molecule is CC1(C)CCC(CN2CCN3c4ccc(C(=O)NS(=O)(=O)c5ccc(N[C@H](CCN6CCN(C(=O)OC(C)(C)C)CC6)CSc6ccccc6)c(S(=O)(=O)C(F)(F)F)c5)cc4OC[C@@H]3C2)=C(c2ccc(Cl)cc2)C1. The van der Waals surface area contributed by atoms with Gasteiger partial charge in [-0.05, 0) is 124 Å². The number of halogens is 4. The highest BCUT2D eigenvalue weighted by atomic mass is 35.5. The molecule has 0 spiro atoms. The van der Waals surface area contributed by atoms with Crippen LogP contribution in [0, 0.1) is 5.41 Å². The van der Waals surface area contributed by atoms with Crippen LogP contribution in [0.25, 0.3) is 5.57 Å². The van der Waals surface area contributed by atoms with E-state index >= 15 is 0 Å². The maximum Gasteiger partial charge on any atom is 0.501 e. The number of benzene rings is 4. The molecule has 1 aliphatic carbocycles. The fraction of sp³-hybridized carbons (Fsp3) is 0.472. The number of sulfone groups is 1. The van der Waals surface area contributed by atoms with Crippen LogP contribution in [0.2, 0.25) is 5.02 Å². The van der Waals surface area contributed by atoms with E-state index in [2.05, 4.69) is 46.0 Å². The molecule has 0 unspecified atom stereocenters. The monoisotopic (exact) mass is 1100 g/mol. The highest BCUT2D eigenvalue weighted by Crippen LogP contribution is 2.44. The second-order valence-corrected chi connectivity index (χ2v) is 26.2. The number of hydrogen-bond donors (Lipinski definition) is 2. The highest BCUT2D eigenvalue weighted by molar-refractivity contribution is 7.99. The summed E-state index contributed by atoms with van der Waals surface area (Å²) in [5, 5.41) is 3.70. The number of amides is 2. The third-order valence-corrected chi connectivity index (χ3v) is 18.1. The molecule has 0 saturated carbocycles. The Morgan fingerprint density at radius 3 is 2.28 bits per heavy atom. The number of ether oxygens (including phenoxy) is 2. The number of piperazine rings is 2. The molecule has 2 saturated heterocycles. The first-order chi connectivity index (χ1) is 34.8. The molecule has 3 aliphatic heterocycles. The van der Waals surface area contributed by atoms with Crippen LogP contribution in [0.4, 0.5) is 29.3 Å². The lowest BCUT2D eigenvalue weighted by Gasteiger charge is -2.46. The Morgan fingerprint density at radius 1 is 0.892 bits per heavy atom. The first kappa shape index (κ1) is 55.2. The van der Waals surface area contributed by atoms with E-state index in [0.717, 1.165) is 61.6 Å². The molecule has 3 heterocycles. The number of hydrogen-bond acceptors (Lipinski definition) is 13. The van der Waals surface area contributed by atoms with Gasteiger partial charge in [-0.2, -0.15) is 13.2 Å². The van der Waals surface area contributed by atoms with Crippen molar-refractivity contribution >= 4 is 72.2 Å². The summed E-state index contributed by atoms with van der Waals surface area (Å²) in [6, 6.07) is 23.7. The number of nitrogens with one attached hydrogen (secondary N) is 2. The number of sulfonamides is 1. The first-order valence-corrected chi connectivity index (χ1v) is 29.1. The van der Waals surface area contributed by atoms with Gasteiger partial charge in [-0.1, -0.05) is 61.4 Å². The van der Waals surface area contributed by atoms with Crippen molar-refractivity contribution in [2.45, 2.75) is 98.2 Å². The number of carbonyl (C=O) groups excluding carboxylic acids is 2. The van der Waals surface area contributed by atoms with Crippen molar-refractivity contribution in [3.63, 3.8) is 0 Å². The molecule has 0 radical (unpaired) electrons. The molecular formula is C53H64ClF3N6O8S3. The maximum absolute atomic E-state index is 14.4. The van der Waals surface area contributed by atoms with Crippen LogP contribution in [0.1, 0.15) is 76.2 Å². The zero-order valence-corrected chi connectivity index (χ0v) is 45.4. The molecule has 74 heavy (non-hydrogen) atoms. The minimum absolute atomic E-state index is 0.0156. The normalized spacial score (nSPS) is 19.2. The third kappa shape index (κ3) is 13.5. The van der Waals surface area contributed by atoms with Gasteiger partial charge in [0.1, 0.15) is 22.9 Å². The number of rotatable bonds is 15. The lowest BCUT2D eigenvalue weighted by atomic mass is 9.72. The summed E-state index contributed by atoms with van der Waals surface area (Å²) < 4.78 is 111. The van der Waals surface area contributed by atoms with E-state index in [1.54, 1.807) is 31.7 Å². The van der Waals surface area contributed by atoms with Crippen molar-refractivity contribution in [1.29, 1.82) is 0 Å². The van der Waals surface area contributed by atoms with Gasteiger partial charge in [-0.15, -0.1) is 11.8 Å². The first-order valence-electron chi connectivity index (χ1n) is 24.7. The minimum atomic E-state index is -6.13. The van der Waals surface area contributed by atoms with E-state index < -0.39 is 64.5 Å². The molecule has 400 valence electrons. The molecule has 2 amide bonds. The Balaban J connectivity index is 0.950. The van der Waals surface area contributed by atoms with Crippen LogP contribution < -0.4 is 19.7 Å². The Morgan fingerprint density at radius 2 is 1.59 bits per heavy atom. The molecule has 4 aromatic rings. The van der Waals surface area contributed by atoms with Crippen LogP contribution in [0.5, 0.6) is 5.75 Å². The number of nitrogens with zero attached hydrogens (tertiary/aromatic N) is 4. The summed E-state index contributed by atoms with van der Waals surface area (Å²) in [4.78, 5) is 33.4. The van der Waals surface area contributed by atoms with E-state index in [-0.39, 0.29) is 17.0 Å². The van der Waals surface area contributed by atoms with Crippen molar-refractivity contribution in [2.75, 3.05) is 81.5 Å². The summed E-state index contributed by atoms with van der Waals surface area (Å²) in [6.45, 7) is 15.6. The molecule has 8 rings (SSSR count). The minimum Gasteiger partial charge on any atom is -0.489 e. The maximum atomic E-state index is 14.4. The number of fused-ring (bicyclic) bond motifs is 3. The molecule has 2 fully saturated rings. The fourth-order valence-electron chi connectivity index (χ4n) is 9.78. The van der Waals surface area contributed by atoms with Gasteiger partial charge in [0.2, 0.25) is 0 Å². The van der Waals surface area contributed by atoms with Gasteiger partial charge in [0, 0.05) is 86.2 Å². The summed E-state index contributed by atoms with van der Waals surface area (Å²) >= 11 is 7.64. The smallest absolute Gasteiger partial charge is 0.489 e. The number of allylic oxidation sites excluding steroid dienone is 1. The second kappa shape index (κ2) is 22.3. The Kier molecular flexibility index (Phi) is 16.7. The Bertz CT molecular complexity index is 2950. The molecule has 21 heteroatoms. The molecule has 2 atom stereocenters. The summed E-state index contributed by atoms with van der Waals surface area (Å²) in [7, 11) is -11.1. The van der Waals surface area contributed by atoms with Crippen LogP contribution in [-0.4, -0.2) is 138 Å². The average molecular weight is 1100 g/mol. The lowest BCUT2D eigenvalue weighted by molar-refractivity contribution is -0.0436. The largest absolute Gasteiger partial charge is 0.501 e. The Hall–Kier alpha value is -4.99. The highest BCUT2D eigenvalue weighted by Gasteiger charge is 2.49. The third-order valence-electron chi connectivity index (χ3n) is 13.8. The van der Waals surface area contributed by atoms with Crippen LogP contribution in [-0.2, 0) is 24.6 Å². The van der Waals surface area contributed by atoms with Crippen molar-refractivity contribution < 1.29 is 49.1 Å². The average Bonchev–Trinajstić information content (AvgIpc) is 3.34. The summed E-state index contributed by atoms with van der Waals surface area (Å²) in [5.74, 6) is -0.413. The van der Waals surface area contributed by atoms with Crippen LogP contribution >= 0.6 is 23.4 Å². The van der Waals surface area contributed by atoms with Gasteiger partial charge in [-0.3, -0.25) is 14.6 Å². The molecule has 4 aliphatic rings. The molecule has 2 N–H and O–H groups in total. The topological polar surface area (TPSA) is 158 Å². The van der Waals surface area contributed by atoms with Gasteiger partial charge in [0.25, 0.3) is 25.8 Å². The predicted molar refractivity (Wildman–Crippen MR) is 283 cm³/mol. The van der Waals surface area contributed by atoms with Gasteiger partial charge in [0.05, 0.1) is 22.3 Å². The van der Waals surface area contributed by atoms with Crippen LogP contribution in [0.15, 0.2) is 111 Å². The molecule has 0 bridgehead atoms. The van der Waals surface area contributed by atoms with Crippen LogP contribution in [0.3, 0.4) is 0 Å². The van der Waals surface area contributed by atoms with Crippen molar-refractivity contribution in [1.82, 2.24) is 19.4 Å². The van der Waals surface area contributed by atoms with Crippen molar-refractivity contribution in [3.8, 4) is 5.75 Å². The number of thioether (sulfide) groups is 1. The van der Waals surface area contributed by atoms with E-state index in [9.17, 15) is 39.6 Å². The molecule has 14 nitrogen and oxygen atoms in total. The van der Waals surface area contributed by atoms with E-state index in [1.165, 1.54) is 40.6 Å². The van der Waals surface area contributed by atoms with Gasteiger partial charge in [0.15, 0.2) is 0 Å². The van der Waals surface area contributed by atoms with Crippen molar-refractivity contribution in [3.05, 3.63) is 113 Å². The quantitative estimate of drug-likeness (QED) is 0.109.